The predicted octanol–water partition coefficient (Wildman–Crippen LogP) is 4.17. The molecule has 0 saturated heterocycles. The van der Waals surface area contributed by atoms with Crippen LogP contribution in [0.3, 0.4) is 0 Å². The minimum absolute atomic E-state index is 0.0779. The van der Waals surface area contributed by atoms with Gasteiger partial charge < -0.3 is 10.2 Å². The van der Waals surface area contributed by atoms with Crippen LogP contribution in [0, 0.1) is 0 Å². The smallest absolute Gasteiger partial charge is 0.220 e. The SMILES string of the molecule is CN(C)c1ccc(CCNC(=O)CCc2csc(-c3ccccc3)n2)cc1. The summed E-state index contributed by atoms with van der Waals surface area (Å²) in [7, 11) is 4.06. The number of hydrogen-bond acceptors (Lipinski definition) is 4. The number of rotatable bonds is 8. The van der Waals surface area contributed by atoms with Crippen LogP contribution in [0.5, 0.6) is 0 Å². The third-order valence-electron chi connectivity index (χ3n) is 4.37. The van der Waals surface area contributed by atoms with Crippen molar-refractivity contribution in [3.8, 4) is 10.6 Å². The molecular weight excluding hydrogens is 354 g/mol. The maximum Gasteiger partial charge on any atom is 0.220 e. The Morgan fingerprint density at radius 1 is 1.04 bits per heavy atom. The first-order valence-corrected chi connectivity index (χ1v) is 10.0. The van der Waals surface area contributed by atoms with Crippen LogP contribution in [-0.4, -0.2) is 31.5 Å². The Labute approximate surface area is 164 Å². The van der Waals surface area contributed by atoms with Crippen molar-refractivity contribution in [2.75, 3.05) is 25.5 Å². The van der Waals surface area contributed by atoms with E-state index in [1.165, 1.54) is 11.3 Å². The van der Waals surface area contributed by atoms with Gasteiger partial charge in [0.25, 0.3) is 0 Å². The Kier molecular flexibility index (Phi) is 6.60. The molecule has 0 aliphatic carbocycles. The standard InChI is InChI=1S/C22H25N3OS/c1-25(2)20-11-8-17(9-12-20)14-15-23-21(26)13-10-19-16-27-22(24-19)18-6-4-3-5-7-18/h3-9,11-12,16H,10,13-15H2,1-2H3,(H,23,26). The maximum atomic E-state index is 12.1. The Balaban J connectivity index is 1.40. The zero-order valence-corrected chi connectivity index (χ0v) is 16.6. The van der Waals surface area contributed by atoms with E-state index in [1.807, 2.05) is 37.7 Å². The van der Waals surface area contributed by atoms with Gasteiger partial charge in [-0.05, 0) is 30.5 Å². The zero-order valence-electron chi connectivity index (χ0n) is 15.8. The first-order valence-electron chi connectivity index (χ1n) is 9.14. The van der Waals surface area contributed by atoms with Crippen molar-refractivity contribution in [2.45, 2.75) is 19.3 Å². The number of aryl methyl sites for hydroxylation is 1. The van der Waals surface area contributed by atoms with E-state index < -0.39 is 0 Å². The summed E-state index contributed by atoms with van der Waals surface area (Å²) in [6.45, 7) is 0.659. The highest BCUT2D eigenvalue weighted by molar-refractivity contribution is 7.13. The molecule has 3 aromatic rings. The molecule has 0 saturated carbocycles. The number of aromatic nitrogens is 1. The zero-order chi connectivity index (χ0) is 19.1. The molecule has 1 heterocycles. The van der Waals surface area contributed by atoms with Crippen molar-refractivity contribution in [2.24, 2.45) is 0 Å². The van der Waals surface area contributed by atoms with E-state index in [-0.39, 0.29) is 5.91 Å². The van der Waals surface area contributed by atoms with Crippen LogP contribution in [0.1, 0.15) is 17.7 Å². The first kappa shape index (κ1) is 19.1. The van der Waals surface area contributed by atoms with Gasteiger partial charge in [-0.3, -0.25) is 4.79 Å². The van der Waals surface area contributed by atoms with E-state index in [4.69, 9.17) is 0 Å². The minimum atomic E-state index is 0.0779. The van der Waals surface area contributed by atoms with E-state index >= 15 is 0 Å². The number of carbonyl (C=O) groups is 1. The van der Waals surface area contributed by atoms with Gasteiger partial charge in [0.2, 0.25) is 5.91 Å². The number of thiazole rings is 1. The molecule has 1 aromatic heterocycles. The summed E-state index contributed by atoms with van der Waals surface area (Å²) in [5.41, 5.74) is 4.51. The van der Waals surface area contributed by atoms with Crippen molar-refractivity contribution in [1.29, 1.82) is 0 Å². The van der Waals surface area contributed by atoms with Crippen molar-refractivity contribution in [3.63, 3.8) is 0 Å². The summed E-state index contributed by atoms with van der Waals surface area (Å²) in [6, 6.07) is 18.6. The lowest BCUT2D eigenvalue weighted by Gasteiger charge is -2.12. The molecule has 0 unspecified atom stereocenters. The molecule has 1 N–H and O–H groups in total. The van der Waals surface area contributed by atoms with E-state index in [9.17, 15) is 4.79 Å². The third-order valence-corrected chi connectivity index (χ3v) is 5.31. The van der Waals surface area contributed by atoms with Gasteiger partial charge in [0.05, 0.1) is 5.69 Å². The third kappa shape index (κ3) is 5.66. The van der Waals surface area contributed by atoms with Gasteiger partial charge in [-0.2, -0.15) is 0 Å². The highest BCUT2D eigenvalue weighted by Gasteiger charge is 2.07. The Morgan fingerprint density at radius 2 is 1.78 bits per heavy atom. The minimum Gasteiger partial charge on any atom is -0.378 e. The summed E-state index contributed by atoms with van der Waals surface area (Å²) in [6.07, 6.45) is 1.98. The molecule has 0 fully saturated rings. The number of nitrogens with zero attached hydrogens (tertiary/aromatic N) is 2. The highest BCUT2D eigenvalue weighted by Crippen LogP contribution is 2.23. The van der Waals surface area contributed by atoms with E-state index in [1.54, 1.807) is 11.3 Å². The van der Waals surface area contributed by atoms with Gasteiger partial charge in [-0.15, -0.1) is 11.3 Å². The number of hydrogen-bond donors (Lipinski definition) is 1. The van der Waals surface area contributed by atoms with Crippen LogP contribution < -0.4 is 10.2 Å². The van der Waals surface area contributed by atoms with Gasteiger partial charge in [-0.1, -0.05) is 42.5 Å². The normalized spacial score (nSPS) is 10.6. The molecule has 1 amide bonds. The summed E-state index contributed by atoms with van der Waals surface area (Å²) >= 11 is 1.63. The second-order valence-electron chi connectivity index (χ2n) is 6.67. The molecule has 140 valence electrons. The molecular formula is C22H25N3OS. The Bertz CT molecular complexity index is 857. The molecule has 0 bridgehead atoms. The van der Waals surface area contributed by atoms with Crippen LogP contribution in [0.15, 0.2) is 60.0 Å². The second kappa shape index (κ2) is 9.33. The lowest BCUT2D eigenvalue weighted by atomic mass is 10.1. The number of nitrogens with one attached hydrogen (secondary N) is 1. The summed E-state index contributed by atoms with van der Waals surface area (Å²) in [5, 5.41) is 6.05. The van der Waals surface area contributed by atoms with Crippen LogP contribution in [-0.2, 0) is 17.6 Å². The monoisotopic (exact) mass is 379 g/mol. The Morgan fingerprint density at radius 3 is 2.48 bits per heavy atom. The highest BCUT2D eigenvalue weighted by atomic mass is 32.1. The van der Waals surface area contributed by atoms with Gasteiger partial charge in [-0.25, -0.2) is 4.98 Å². The molecule has 0 aliphatic heterocycles. The molecule has 5 heteroatoms. The number of carbonyl (C=O) groups excluding carboxylic acids is 1. The van der Waals surface area contributed by atoms with Gasteiger partial charge in [0.15, 0.2) is 0 Å². The fraction of sp³-hybridized carbons (Fsp3) is 0.273. The van der Waals surface area contributed by atoms with Gasteiger partial charge in [0.1, 0.15) is 5.01 Å². The van der Waals surface area contributed by atoms with Crippen LogP contribution >= 0.6 is 11.3 Å². The molecule has 0 aliphatic rings. The average Bonchev–Trinajstić information content (AvgIpc) is 3.16. The quantitative estimate of drug-likeness (QED) is 0.639. The lowest BCUT2D eigenvalue weighted by Crippen LogP contribution is -2.25. The van der Waals surface area contributed by atoms with E-state index in [0.717, 1.165) is 22.7 Å². The molecule has 3 rings (SSSR count). The summed E-state index contributed by atoms with van der Waals surface area (Å²) in [5.74, 6) is 0.0779. The number of amides is 1. The van der Waals surface area contributed by atoms with Crippen LogP contribution in [0.4, 0.5) is 5.69 Å². The average molecular weight is 380 g/mol. The van der Waals surface area contributed by atoms with E-state index in [0.29, 0.717) is 19.4 Å². The van der Waals surface area contributed by atoms with Gasteiger partial charge in [0, 0.05) is 43.7 Å². The van der Waals surface area contributed by atoms with E-state index in [2.05, 4.69) is 51.6 Å². The topological polar surface area (TPSA) is 45.2 Å². The first-order chi connectivity index (χ1) is 13.1. The molecule has 0 atom stereocenters. The molecule has 4 nitrogen and oxygen atoms in total. The van der Waals surface area contributed by atoms with Crippen molar-refractivity contribution in [3.05, 3.63) is 71.2 Å². The predicted molar refractivity (Wildman–Crippen MR) is 113 cm³/mol. The fourth-order valence-corrected chi connectivity index (χ4v) is 3.63. The van der Waals surface area contributed by atoms with Crippen molar-refractivity contribution >= 4 is 22.9 Å². The lowest BCUT2D eigenvalue weighted by molar-refractivity contribution is -0.121. The molecule has 2 aromatic carbocycles. The largest absolute Gasteiger partial charge is 0.378 e. The maximum absolute atomic E-state index is 12.1. The fourth-order valence-electron chi connectivity index (χ4n) is 2.77. The van der Waals surface area contributed by atoms with Crippen LogP contribution in [0.25, 0.3) is 10.6 Å². The van der Waals surface area contributed by atoms with Gasteiger partial charge >= 0.3 is 0 Å². The second-order valence-corrected chi connectivity index (χ2v) is 7.53. The number of anilines is 1. The number of benzene rings is 2. The van der Waals surface area contributed by atoms with Crippen molar-refractivity contribution in [1.82, 2.24) is 10.3 Å². The molecule has 0 radical (unpaired) electrons. The Hall–Kier alpha value is -2.66. The van der Waals surface area contributed by atoms with Crippen LogP contribution in [0.2, 0.25) is 0 Å². The molecule has 0 spiro atoms. The molecule has 27 heavy (non-hydrogen) atoms. The van der Waals surface area contributed by atoms with Crippen molar-refractivity contribution < 1.29 is 4.79 Å². The summed E-state index contributed by atoms with van der Waals surface area (Å²) < 4.78 is 0. The summed E-state index contributed by atoms with van der Waals surface area (Å²) in [4.78, 5) is 18.8.